The zero-order valence-corrected chi connectivity index (χ0v) is 18.6. The van der Waals surface area contributed by atoms with Gasteiger partial charge in [0.1, 0.15) is 12.0 Å². The second kappa shape index (κ2) is 9.02. The van der Waals surface area contributed by atoms with Crippen molar-refractivity contribution >= 4 is 5.91 Å². The van der Waals surface area contributed by atoms with Crippen LogP contribution in [-0.4, -0.2) is 15.7 Å². The molecule has 1 heterocycles. The molecule has 1 aliphatic rings. The fraction of sp³-hybridized carbons (Fsp3) is 0.250. The molecular weight excluding hydrogens is 408 g/mol. The van der Waals surface area contributed by atoms with Gasteiger partial charge in [0.25, 0.3) is 6.33 Å². The Balaban J connectivity index is 1.45. The molecule has 0 aliphatic heterocycles. The van der Waals surface area contributed by atoms with Crippen molar-refractivity contribution in [3.05, 3.63) is 120 Å². The number of rotatable bonds is 7. The predicted octanol–water partition coefficient (Wildman–Crippen LogP) is 4.03. The first-order valence-electron chi connectivity index (χ1n) is 11.6. The summed E-state index contributed by atoms with van der Waals surface area (Å²) in [5, 5.41) is 4.58. The van der Waals surface area contributed by atoms with E-state index < -0.39 is 5.41 Å². The lowest BCUT2D eigenvalue weighted by molar-refractivity contribution is -0.722. The van der Waals surface area contributed by atoms with Gasteiger partial charge in [-0.1, -0.05) is 91.0 Å². The van der Waals surface area contributed by atoms with Crippen LogP contribution in [0.2, 0.25) is 0 Å². The first-order chi connectivity index (χ1) is 16.2. The van der Waals surface area contributed by atoms with Crippen molar-refractivity contribution in [1.29, 1.82) is 0 Å². The number of amides is 1. The highest BCUT2D eigenvalue weighted by Crippen LogP contribution is 2.48. The van der Waals surface area contributed by atoms with Crippen LogP contribution in [0.5, 0.6) is 0 Å². The zero-order valence-electron chi connectivity index (χ0n) is 18.6. The first kappa shape index (κ1) is 21.1. The van der Waals surface area contributed by atoms with E-state index in [1.54, 1.807) is 0 Å². The van der Waals surface area contributed by atoms with Crippen molar-refractivity contribution in [1.82, 2.24) is 9.78 Å². The number of hydrogen-bond acceptors (Lipinski definition) is 2. The minimum absolute atomic E-state index is 0.106. The Bertz CT molecular complexity index is 1160. The molecule has 5 heteroatoms. The number of carbonyl (C=O) groups excluding carboxylic acids is 1. The highest BCUT2D eigenvalue weighted by molar-refractivity contribution is 5.91. The Morgan fingerprint density at radius 1 is 0.909 bits per heavy atom. The average molecular weight is 438 g/mol. The molecule has 4 aromatic rings. The van der Waals surface area contributed by atoms with E-state index in [1.165, 1.54) is 5.56 Å². The fourth-order valence-corrected chi connectivity index (χ4v) is 5.53. The van der Waals surface area contributed by atoms with Crippen molar-refractivity contribution < 1.29 is 9.36 Å². The van der Waals surface area contributed by atoms with Gasteiger partial charge in [0, 0.05) is 5.10 Å². The summed E-state index contributed by atoms with van der Waals surface area (Å²) in [6, 6.07) is 30.7. The average Bonchev–Trinajstić information content (AvgIpc) is 3.52. The van der Waals surface area contributed by atoms with Crippen LogP contribution in [0.1, 0.15) is 42.0 Å². The van der Waals surface area contributed by atoms with Crippen LogP contribution in [0.15, 0.2) is 104 Å². The summed E-state index contributed by atoms with van der Waals surface area (Å²) in [5.74, 6) is -0.176. The molecule has 5 rings (SSSR count). The molecule has 0 bridgehead atoms. The maximum atomic E-state index is 13.3. The van der Waals surface area contributed by atoms with E-state index in [1.807, 2.05) is 89.9 Å². The molecule has 2 N–H and O–H groups in total. The maximum absolute atomic E-state index is 13.3. The third-order valence-corrected chi connectivity index (χ3v) is 7.07. The second-order valence-electron chi connectivity index (χ2n) is 8.94. The summed E-state index contributed by atoms with van der Waals surface area (Å²) in [5.41, 5.74) is 8.54. The van der Waals surface area contributed by atoms with E-state index in [-0.39, 0.29) is 17.9 Å². The Morgan fingerprint density at radius 3 is 2.06 bits per heavy atom. The van der Waals surface area contributed by atoms with Gasteiger partial charge in [0.15, 0.2) is 0 Å². The molecule has 2 unspecified atom stereocenters. The van der Waals surface area contributed by atoms with Gasteiger partial charge in [-0.2, -0.15) is 0 Å². The quantitative estimate of drug-likeness (QED) is 0.444. The SMILES string of the molecule is NC(=O)C(c1ccccc1)(c1ccccc1)C1CCC([n+]2cnn(Cc3ccccc3)c2)C1. The Kier molecular flexibility index (Phi) is 5.78. The Hall–Kier alpha value is -3.73. The first-order valence-corrected chi connectivity index (χ1v) is 11.6. The summed E-state index contributed by atoms with van der Waals surface area (Å²) < 4.78 is 4.17. The van der Waals surface area contributed by atoms with Gasteiger partial charge in [-0.3, -0.25) is 4.79 Å². The van der Waals surface area contributed by atoms with Gasteiger partial charge in [-0.05, 0) is 41.9 Å². The number of primary amides is 1. The normalized spacial score (nSPS) is 18.3. The van der Waals surface area contributed by atoms with Crippen molar-refractivity contribution in [3.8, 4) is 0 Å². The molecule has 3 aromatic carbocycles. The van der Waals surface area contributed by atoms with Crippen molar-refractivity contribution in [2.45, 2.75) is 37.3 Å². The van der Waals surface area contributed by atoms with E-state index in [0.29, 0.717) is 0 Å². The fourth-order valence-electron chi connectivity index (χ4n) is 5.53. The summed E-state index contributed by atoms with van der Waals surface area (Å²) in [6.45, 7) is 0.739. The van der Waals surface area contributed by atoms with E-state index in [9.17, 15) is 4.79 Å². The molecule has 33 heavy (non-hydrogen) atoms. The van der Waals surface area contributed by atoms with Crippen molar-refractivity contribution in [2.24, 2.45) is 11.7 Å². The summed E-state index contributed by atoms with van der Waals surface area (Å²) in [6.07, 6.45) is 6.77. The highest BCUT2D eigenvalue weighted by atomic mass is 16.1. The number of hydrogen-bond donors (Lipinski definition) is 1. The molecule has 2 atom stereocenters. The van der Waals surface area contributed by atoms with Gasteiger partial charge in [-0.15, -0.1) is 4.68 Å². The molecule has 1 aromatic heterocycles. The summed E-state index contributed by atoms with van der Waals surface area (Å²) in [4.78, 5) is 13.3. The molecule has 0 saturated heterocycles. The monoisotopic (exact) mass is 437 g/mol. The molecular formula is C28H29N4O+. The van der Waals surface area contributed by atoms with Crippen LogP contribution in [0.25, 0.3) is 0 Å². The largest absolute Gasteiger partial charge is 0.369 e. The van der Waals surface area contributed by atoms with E-state index in [4.69, 9.17) is 5.73 Å². The third kappa shape index (κ3) is 3.95. The van der Waals surface area contributed by atoms with Gasteiger partial charge < -0.3 is 5.73 Å². The van der Waals surface area contributed by atoms with Crippen LogP contribution in [0.3, 0.4) is 0 Å². The molecule has 0 spiro atoms. The number of aromatic nitrogens is 3. The minimum Gasteiger partial charge on any atom is -0.369 e. The molecule has 1 saturated carbocycles. The molecule has 0 radical (unpaired) electrons. The van der Waals surface area contributed by atoms with Gasteiger partial charge in [0.05, 0.1) is 6.04 Å². The third-order valence-electron chi connectivity index (χ3n) is 7.07. The molecule has 1 fully saturated rings. The number of nitrogens with two attached hydrogens (primary N) is 1. The lowest BCUT2D eigenvalue weighted by Gasteiger charge is -2.37. The van der Waals surface area contributed by atoms with Crippen LogP contribution < -0.4 is 10.3 Å². The number of nitrogens with zero attached hydrogens (tertiary/aromatic N) is 3. The molecule has 1 aliphatic carbocycles. The maximum Gasteiger partial charge on any atom is 0.265 e. The van der Waals surface area contributed by atoms with E-state index in [2.05, 4.69) is 28.1 Å². The molecule has 5 nitrogen and oxygen atoms in total. The number of carbonyl (C=O) groups is 1. The smallest absolute Gasteiger partial charge is 0.265 e. The van der Waals surface area contributed by atoms with Crippen LogP contribution in [0.4, 0.5) is 0 Å². The standard InChI is InChI=1S/C28H28N4O/c29-27(33)28(23-12-6-2-7-13-23,24-14-8-3-9-15-24)25-16-17-26(18-25)31-20-30-32(21-31)19-22-10-4-1-5-11-22/h1-15,20-21,25-26H,16-19H2,(H-,29,33)/p+1. The lowest BCUT2D eigenvalue weighted by atomic mass is 9.64. The van der Waals surface area contributed by atoms with Crippen molar-refractivity contribution in [3.63, 3.8) is 0 Å². The topological polar surface area (TPSA) is 64.8 Å². The summed E-state index contributed by atoms with van der Waals surface area (Å²) in [7, 11) is 0. The Morgan fingerprint density at radius 2 is 1.48 bits per heavy atom. The molecule has 166 valence electrons. The van der Waals surface area contributed by atoms with Gasteiger partial charge >= 0.3 is 0 Å². The van der Waals surface area contributed by atoms with Gasteiger partial charge in [-0.25, -0.2) is 4.57 Å². The predicted molar refractivity (Wildman–Crippen MR) is 127 cm³/mol. The second-order valence-corrected chi connectivity index (χ2v) is 8.94. The Labute approximate surface area is 194 Å². The van der Waals surface area contributed by atoms with E-state index in [0.717, 1.165) is 36.9 Å². The lowest BCUT2D eigenvalue weighted by Crippen LogP contribution is -2.48. The van der Waals surface area contributed by atoms with E-state index >= 15 is 0 Å². The van der Waals surface area contributed by atoms with Crippen LogP contribution in [0, 0.1) is 5.92 Å². The van der Waals surface area contributed by atoms with Gasteiger partial charge in [0.2, 0.25) is 12.2 Å². The number of benzene rings is 3. The van der Waals surface area contributed by atoms with Crippen LogP contribution >= 0.6 is 0 Å². The molecule has 1 amide bonds. The summed E-state index contributed by atoms with van der Waals surface area (Å²) >= 11 is 0. The minimum atomic E-state index is -0.849. The van der Waals surface area contributed by atoms with Crippen LogP contribution in [-0.2, 0) is 16.8 Å². The zero-order chi connectivity index (χ0) is 22.7. The highest BCUT2D eigenvalue weighted by Gasteiger charge is 2.50. The van der Waals surface area contributed by atoms with Crippen molar-refractivity contribution in [2.75, 3.05) is 0 Å².